The van der Waals surface area contributed by atoms with Crippen molar-refractivity contribution in [1.82, 2.24) is 28.5 Å². The minimum atomic E-state index is 0.634. The van der Waals surface area contributed by atoms with Crippen molar-refractivity contribution in [3.05, 3.63) is 134 Å². The molecule has 0 saturated heterocycles. The number of nitrogens with zero attached hydrogens (tertiary/aromatic N) is 6. The van der Waals surface area contributed by atoms with Gasteiger partial charge in [0.1, 0.15) is 5.65 Å². The Morgan fingerprint density at radius 2 is 1.00 bits per heavy atom. The molecule has 43 heavy (non-hydrogen) atoms. The molecule has 5 heterocycles. The highest BCUT2D eigenvalue weighted by Crippen LogP contribution is 2.37. The highest BCUT2D eigenvalue weighted by molar-refractivity contribution is 6.13. The summed E-state index contributed by atoms with van der Waals surface area (Å²) < 4.78 is 6.63. The number of para-hydroxylation sites is 4. The second-order valence-corrected chi connectivity index (χ2v) is 11.0. The number of pyridine rings is 1. The molecule has 0 radical (unpaired) electrons. The summed E-state index contributed by atoms with van der Waals surface area (Å²) in [5.74, 6) is 1.50. The fourth-order valence-electron chi connectivity index (χ4n) is 6.81. The van der Waals surface area contributed by atoms with Gasteiger partial charge in [0.2, 0.25) is 5.95 Å². The standard InChI is InChI=1S/C37H22N6/c1-5-15-28-26(14-1)36(42-30-16-6-2-11-23(30)24-12-3-7-17-31(24)42)40-37(39-28)43-32-18-8-4-13-25(32)27-21-29-34(22-33(27)43)41-20-10-9-19-35(41)38-29/h1-22H. The molecular weight excluding hydrogens is 528 g/mol. The van der Waals surface area contributed by atoms with E-state index in [0.29, 0.717) is 5.95 Å². The maximum Gasteiger partial charge on any atom is 0.237 e. The quantitative estimate of drug-likeness (QED) is 0.216. The number of imidazole rings is 1. The second-order valence-electron chi connectivity index (χ2n) is 11.0. The molecule has 0 aliphatic heterocycles. The SMILES string of the molecule is c1ccc2c(-n3c4ccccc4c4ccccc43)nc(-n3c4ccccc4c4cc5nc6ccccn6c5cc43)nc2c1. The summed E-state index contributed by atoms with van der Waals surface area (Å²) in [7, 11) is 0. The molecule has 0 N–H and O–H groups in total. The van der Waals surface area contributed by atoms with Gasteiger partial charge in [-0.3, -0.25) is 13.5 Å². The Bertz CT molecular complexity index is 2690. The number of fused-ring (bicyclic) bond motifs is 10. The van der Waals surface area contributed by atoms with Crippen molar-refractivity contribution >= 4 is 71.2 Å². The van der Waals surface area contributed by atoms with Gasteiger partial charge in [0.05, 0.1) is 38.6 Å². The molecule has 5 aromatic carbocycles. The van der Waals surface area contributed by atoms with Crippen molar-refractivity contribution in [2.24, 2.45) is 0 Å². The van der Waals surface area contributed by atoms with Gasteiger partial charge in [0, 0.05) is 33.1 Å². The van der Waals surface area contributed by atoms with Crippen LogP contribution in [0.15, 0.2) is 134 Å². The first kappa shape index (κ1) is 22.7. The Balaban J connectivity index is 1.37. The van der Waals surface area contributed by atoms with Crippen molar-refractivity contribution in [2.75, 3.05) is 0 Å². The summed E-state index contributed by atoms with van der Waals surface area (Å²) >= 11 is 0. The average molecular weight is 551 g/mol. The lowest BCUT2D eigenvalue weighted by Gasteiger charge is -2.14. The number of benzene rings is 5. The van der Waals surface area contributed by atoms with Crippen LogP contribution in [0.1, 0.15) is 0 Å². The molecule has 0 atom stereocenters. The zero-order valence-corrected chi connectivity index (χ0v) is 22.9. The maximum atomic E-state index is 5.41. The predicted octanol–water partition coefficient (Wildman–Crippen LogP) is 8.62. The van der Waals surface area contributed by atoms with E-state index in [2.05, 4.69) is 123 Å². The molecule has 6 heteroatoms. The van der Waals surface area contributed by atoms with E-state index in [1.54, 1.807) is 0 Å². The first-order valence-electron chi connectivity index (χ1n) is 14.4. The van der Waals surface area contributed by atoms with E-state index < -0.39 is 0 Å². The molecule has 0 amide bonds. The fraction of sp³-hybridized carbons (Fsp3) is 0. The third-order valence-corrected chi connectivity index (χ3v) is 8.66. The Labute approximate surface area is 244 Å². The van der Waals surface area contributed by atoms with Crippen LogP contribution in [0.2, 0.25) is 0 Å². The van der Waals surface area contributed by atoms with Gasteiger partial charge in [0.25, 0.3) is 0 Å². The summed E-state index contributed by atoms with van der Waals surface area (Å²) in [5, 5.41) is 5.68. The lowest BCUT2D eigenvalue weighted by Crippen LogP contribution is -2.07. The normalized spacial score (nSPS) is 12.2. The lowest BCUT2D eigenvalue weighted by molar-refractivity contribution is 0.973. The van der Waals surface area contributed by atoms with Crippen LogP contribution in [0.5, 0.6) is 0 Å². The smallest absolute Gasteiger partial charge is 0.237 e. The molecule has 0 spiro atoms. The van der Waals surface area contributed by atoms with Crippen LogP contribution in [0.25, 0.3) is 83.0 Å². The summed E-state index contributed by atoms with van der Waals surface area (Å²) in [5.41, 5.74) is 8.18. The van der Waals surface area contributed by atoms with Crippen molar-refractivity contribution < 1.29 is 0 Å². The van der Waals surface area contributed by atoms with Crippen molar-refractivity contribution in [2.45, 2.75) is 0 Å². The van der Waals surface area contributed by atoms with E-state index in [9.17, 15) is 0 Å². The molecule has 0 saturated carbocycles. The van der Waals surface area contributed by atoms with Gasteiger partial charge in [-0.05, 0) is 54.6 Å². The van der Waals surface area contributed by atoms with E-state index in [0.717, 1.165) is 66.2 Å². The van der Waals surface area contributed by atoms with Gasteiger partial charge in [-0.2, -0.15) is 4.98 Å². The van der Waals surface area contributed by atoms with Gasteiger partial charge >= 0.3 is 0 Å². The topological polar surface area (TPSA) is 52.9 Å². The molecule has 0 unspecified atom stereocenters. The first-order valence-corrected chi connectivity index (χ1v) is 14.4. The highest BCUT2D eigenvalue weighted by Gasteiger charge is 2.21. The van der Waals surface area contributed by atoms with Crippen molar-refractivity contribution in [1.29, 1.82) is 0 Å². The van der Waals surface area contributed by atoms with E-state index in [4.69, 9.17) is 15.0 Å². The van der Waals surface area contributed by atoms with Crippen LogP contribution in [0.4, 0.5) is 0 Å². The number of rotatable bonds is 2. The molecule has 0 aliphatic carbocycles. The van der Waals surface area contributed by atoms with Gasteiger partial charge < -0.3 is 0 Å². The predicted molar refractivity (Wildman–Crippen MR) is 174 cm³/mol. The molecule has 0 aliphatic rings. The van der Waals surface area contributed by atoms with Gasteiger partial charge in [-0.1, -0.05) is 72.8 Å². The lowest BCUT2D eigenvalue weighted by atomic mass is 10.1. The van der Waals surface area contributed by atoms with E-state index in [-0.39, 0.29) is 0 Å². The van der Waals surface area contributed by atoms with E-state index in [1.807, 2.05) is 24.3 Å². The van der Waals surface area contributed by atoms with Crippen LogP contribution in [0.3, 0.4) is 0 Å². The average Bonchev–Trinajstić information content (AvgIpc) is 3.70. The molecule has 5 aromatic heterocycles. The molecule has 200 valence electrons. The number of aromatic nitrogens is 6. The Morgan fingerprint density at radius 1 is 0.395 bits per heavy atom. The zero-order valence-electron chi connectivity index (χ0n) is 22.9. The minimum absolute atomic E-state index is 0.634. The summed E-state index contributed by atoms with van der Waals surface area (Å²) in [6, 6.07) is 44.4. The number of hydrogen-bond donors (Lipinski definition) is 0. The Morgan fingerprint density at radius 3 is 1.74 bits per heavy atom. The van der Waals surface area contributed by atoms with Crippen molar-refractivity contribution in [3.63, 3.8) is 0 Å². The van der Waals surface area contributed by atoms with Gasteiger partial charge in [-0.25, -0.2) is 9.97 Å². The van der Waals surface area contributed by atoms with Crippen LogP contribution in [-0.4, -0.2) is 28.5 Å². The first-order chi connectivity index (χ1) is 21.3. The molecule has 10 aromatic rings. The molecule has 6 nitrogen and oxygen atoms in total. The van der Waals surface area contributed by atoms with E-state index in [1.165, 1.54) is 10.8 Å². The minimum Gasteiger partial charge on any atom is -0.300 e. The molecule has 0 bridgehead atoms. The molecular formula is C37H22N6. The third-order valence-electron chi connectivity index (χ3n) is 8.66. The largest absolute Gasteiger partial charge is 0.300 e. The molecule has 0 fully saturated rings. The van der Waals surface area contributed by atoms with Crippen LogP contribution in [-0.2, 0) is 0 Å². The summed E-state index contributed by atoms with van der Waals surface area (Å²) in [6.45, 7) is 0. The monoisotopic (exact) mass is 550 g/mol. The van der Waals surface area contributed by atoms with Crippen molar-refractivity contribution in [3.8, 4) is 11.8 Å². The fourth-order valence-corrected chi connectivity index (χ4v) is 6.81. The highest BCUT2D eigenvalue weighted by atomic mass is 15.2. The number of hydrogen-bond acceptors (Lipinski definition) is 3. The van der Waals surface area contributed by atoms with E-state index >= 15 is 0 Å². The Hall–Kier alpha value is -6.01. The summed E-state index contributed by atoms with van der Waals surface area (Å²) in [6.07, 6.45) is 2.07. The summed E-state index contributed by atoms with van der Waals surface area (Å²) in [4.78, 5) is 15.5. The van der Waals surface area contributed by atoms with Gasteiger partial charge in [0.15, 0.2) is 5.82 Å². The second kappa shape index (κ2) is 8.27. The maximum absolute atomic E-state index is 5.41. The van der Waals surface area contributed by atoms with Crippen LogP contribution in [0, 0.1) is 0 Å². The third kappa shape index (κ3) is 3.04. The van der Waals surface area contributed by atoms with Crippen LogP contribution >= 0.6 is 0 Å². The Kier molecular flexibility index (Phi) is 4.36. The molecule has 10 rings (SSSR count). The van der Waals surface area contributed by atoms with Crippen LogP contribution < -0.4 is 0 Å². The van der Waals surface area contributed by atoms with Gasteiger partial charge in [-0.15, -0.1) is 0 Å². The zero-order chi connectivity index (χ0) is 28.1.